The first kappa shape index (κ1) is 15.0. The van der Waals surface area contributed by atoms with Crippen LogP contribution in [0.1, 0.15) is 25.3 Å². The van der Waals surface area contributed by atoms with Gasteiger partial charge in [0.1, 0.15) is 0 Å². The van der Waals surface area contributed by atoms with E-state index in [0.29, 0.717) is 25.9 Å². The van der Waals surface area contributed by atoms with Crippen LogP contribution in [-0.4, -0.2) is 37.3 Å². The van der Waals surface area contributed by atoms with Crippen molar-refractivity contribution in [1.29, 1.82) is 0 Å². The lowest BCUT2D eigenvalue weighted by Crippen LogP contribution is -2.40. The minimum atomic E-state index is -3.04. The summed E-state index contributed by atoms with van der Waals surface area (Å²) in [6, 6.07) is 9.79. The molecule has 1 fully saturated rings. The molecule has 1 unspecified atom stereocenters. The Balaban J connectivity index is 2.05. The molecule has 0 saturated carbocycles. The summed E-state index contributed by atoms with van der Waals surface area (Å²) < 4.78 is 23.3. The molecule has 1 amide bonds. The third kappa shape index (κ3) is 3.82. The van der Waals surface area contributed by atoms with Gasteiger partial charge in [0.25, 0.3) is 0 Å². The highest BCUT2D eigenvalue weighted by molar-refractivity contribution is 7.91. The standard InChI is InChI=1S/C15H21NO3S/c1-2-16(11-13-7-4-3-5-8-13)15(17)14-9-6-10-20(18,19)12-14/h3-5,7-8,14H,2,6,9-12H2,1H3. The summed E-state index contributed by atoms with van der Waals surface area (Å²) in [5, 5.41) is 0. The first-order valence-electron chi connectivity index (χ1n) is 7.05. The largest absolute Gasteiger partial charge is 0.338 e. The smallest absolute Gasteiger partial charge is 0.226 e. The van der Waals surface area contributed by atoms with Crippen LogP contribution in [0.4, 0.5) is 0 Å². The molecule has 0 N–H and O–H groups in total. The van der Waals surface area contributed by atoms with Crippen LogP contribution in [-0.2, 0) is 21.2 Å². The molecule has 4 nitrogen and oxygen atoms in total. The van der Waals surface area contributed by atoms with Crippen molar-refractivity contribution < 1.29 is 13.2 Å². The van der Waals surface area contributed by atoms with Crippen LogP contribution >= 0.6 is 0 Å². The van der Waals surface area contributed by atoms with E-state index in [9.17, 15) is 13.2 Å². The van der Waals surface area contributed by atoms with Crippen LogP contribution in [0.2, 0.25) is 0 Å². The average molecular weight is 295 g/mol. The second-order valence-corrected chi connectivity index (χ2v) is 7.52. The van der Waals surface area contributed by atoms with Gasteiger partial charge in [-0.25, -0.2) is 8.42 Å². The molecular formula is C15H21NO3S. The molecule has 1 aliphatic rings. The third-order valence-electron chi connectivity index (χ3n) is 3.72. The molecule has 20 heavy (non-hydrogen) atoms. The number of carbonyl (C=O) groups is 1. The second-order valence-electron chi connectivity index (χ2n) is 5.29. The van der Waals surface area contributed by atoms with Gasteiger partial charge < -0.3 is 4.90 Å². The zero-order chi connectivity index (χ0) is 14.6. The Bertz CT molecular complexity index is 554. The lowest BCUT2D eigenvalue weighted by atomic mass is 10.0. The highest BCUT2D eigenvalue weighted by atomic mass is 32.2. The van der Waals surface area contributed by atoms with Crippen molar-refractivity contribution in [3.8, 4) is 0 Å². The molecular weight excluding hydrogens is 274 g/mol. The zero-order valence-corrected chi connectivity index (χ0v) is 12.6. The van der Waals surface area contributed by atoms with Gasteiger partial charge in [0.15, 0.2) is 9.84 Å². The first-order valence-corrected chi connectivity index (χ1v) is 8.87. The molecule has 1 heterocycles. The predicted octanol–water partition coefficient (Wildman–Crippen LogP) is 1.86. The van der Waals surface area contributed by atoms with Crippen LogP contribution in [0, 0.1) is 5.92 Å². The van der Waals surface area contributed by atoms with E-state index in [1.54, 1.807) is 4.90 Å². The average Bonchev–Trinajstić information content (AvgIpc) is 2.44. The summed E-state index contributed by atoms with van der Waals surface area (Å²) in [7, 11) is -3.04. The van der Waals surface area contributed by atoms with Crippen LogP contribution < -0.4 is 0 Å². The molecule has 2 rings (SSSR count). The molecule has 1 aromatic rings. The molecule has 1 atom stereocenters. The first-order chi connectivity index (χ1) is 9.52. The van der Waals surface area contributed by atoms with Gasteiger partial charge in [0, 0.05) is 13.1 Å². The van der Waals surface area contributed by atoms with Gasteiger partial charge in [0.2, 0.25) is 5.91 Å². The Morgan fingerprint density at radius 3 is 2.60 bits per heavy atom. The fraction of sp³-hybridized carbons (Fsp3) is 0.533. The lowest BCUT2D eigenvalue weighted by molar-refractivity contribution is -0.135. The Hall–Kier alpha value is -1.36. The molecule has 1 saturated heterocycles. The Morgan fingerprint density at radius 1 is 1.30 bits per heavy atom. The maximum atomic E-state index is 12.5. The predicted molar refractivity (Wildman–Crippen MR) is 78.9 cm³/mol. The molecule has 1 aromatic carbocycles. The minimum absolute atomic E-state index is 0.0110. The molecule has 110 valence electrons. The maximum absolute atomic E-state index is 12.5. The highest BCUT2D eigenvalue weighted by Crippen LogP contribution is 2.21. The number of sulfone groups is 1. The van der Waals surface area contributed by atoms with E-state index >= 15 is 0 Å². The van der Waals surface area contributed by atoms with Gasteiger partial charge in [0.05, 0.1) is 17.4 Å². The number of amides is 1. The lowest BCUT2D eigenvalue weighted by Gasteiger charge is -2.28. The van der Waals surface area contributed by atoms with Crippen molar-refractivity contribution in [3.05, 3.63) is 35.9 Å². The molecule has 0 aromatic heterocycles. The summed E-state index contributed by atoms with van der Waals surface area (Å²) >= 11 is 0. The van der Waals surface area contributed by atoms with E-state index in [1.807, 2.05) is 37.3 Å². The van der Waals surface area contributed by atoms with Gasteiger partial charge in [-0.15, -0.1) is 0 Å². The summed E-state index contributed by atoms with van der Waals surface area (Å²) in [5.41, 5.74) is 1.07. The van der Waals surface area contributed by atoms with Gasteiger partial charge in [-0.2, -0.15) is 0 Å². The van der Waals surface area contributed by atoms with Crippen molar-refractivity contribution in [1.82, 2.24) is 4.90 Å². The van der Waals surface area contributed by atoms with Crippen molar-refractivity contribution in [2.45, 2.75) is 26.3 Å². The number of hydrogen-bond acceptors (Lipinski definition) is 3. The minimum Gasteiger partial charge on any atom is -0.338 e. The van der Waals surface area contributed by atoms with Crippen molar-refractivity contribution >= 4 is 15.7 Å². The fourth-order valence-corrected chi connectivity index (χ4v) is 4.32. The number of carbonyl (C=O) groups excluding carboxylic acids is 1. The zero-order valence-electron chi connectivity index (χ0n) is 11.8. The van der Waals surface area contributed by atoms with Gasteiger partial charge in [-0.3, -0.25) is 4.79 Å². The summed E-state index contributed by atoms with van der Waals surface area (Å²) in [6.45, 7) is 3.08. The number of benzene rings is 1. The van der Waals surface area contributed by atoms with Crippen LogP contribution in [0.3, 0.4) is 0 Å². The summed E-state index contributed by atoms with van der Waals surface area (Å²) in [6.07, 6.45) is 1.28. The van der Waals surface area contributed by atoms with Crippen LogP contribution in [0.15, 0.2) is 30.3 Å². The Kier molecular flexibility index (Phi) is 4.81. The summed E-state index contributed by atoms with van der Waals surface area (Å²) in [5.74, 6) is -0.157. The highest BCUT2D eigenvalue weighted by Gasteiger charge is 2.32. The van der Waals surface area contributed by atoms with Gasteiger partial charge in [-0.05, 0) is 25.3 Å². The van der Waals surface area contributed by atoms with Crippen LogP contribution in [0.25, 0.3) is 0 Å². The van der Waals surface area contributed by atoms with E-state index in [2.05, 4.69) is 0 Å². The van der Waals surface area contributed by atoms with E-state index in [0.717, 1.165) is 5.56 Å². The monoisotopic (exact) mass is 295 g/mol. The molecule has 0 spiro atoms. The van der Waals surface area contributed by atoms with Crippen LogP contribution in [0.5, 0.6) is 0 Å². The molecule has 5 heteroatoms. The van der Waals surface area contributed by atoms with E-state index in [1.165, 1.54) is 0 Å². The van der Waals surface area contributed by atoms with Crippen molar-refractivity contribution in [2.24, 2.45) is 5.92 Å². The van der Waals surface area contributed by atoms with E-state index < -0.39 is 9.84 Å². The number of rotatable bonds is 4. The number of nitrogens with zero attached hydrogens (tertiary/aromatic N) is 1. The molecule has 0 radical (unpaired) electrons. The van der Waals surface area contributed by atoms with Gasteiger partial charge >= 0.3 is 0 Å². The van der Waals surface area contributed by atoms with Crippen molar-refractivity contribution in [3.63, 3.8) is 0 Å². The van der Waals surface area contributed by atoms with E-state index in [-0.39, 0.29) is 23.3 Å². The normalized spacial score (nSPS) is 21.4. The van der Waals surface area contributed by atoms with E-state index in [4.69, 9.17) is 0 Å². The fourth-order valence-electron chi connectivity index (χ4n) is 2.63. The molecule has 1 aliphatic heterocycles. The van der Waals surface area contributed by atoms with Crippen molar-refractivity contribution in [2.75, 3.05) is 18.1 Å². The SMILES string of the molecule is CCN(Cc1ccccc1)C(=O)C1CCCS(=O)(=O)C1. The maximum Gasteiger partial charge on any atom is 0.226 e. The Labute approximate surface area is 120 Å². The topological polar surface area (TPSA) is 54.5 Å². The number of hydrogen-bond donors (Lipinski definition) is 0. The third-order valence-corrected chi connectivity index (χ3v) is 5.54. The van der Waals surface area contributed by atoms with Gasteiger partial charge in [-0.1, -0.05) is 30.3 Å². The second kappa shape index (κ2) is 6.39. The summed E-state index contributed by atoms with van der Waals surface area (Å²) in [4.78, 5) is 14.2. The Morgan fingerprint density at radius 2 is 2.00 bits per heavy atom. The molecule has 0 aliphatic carbocycles. The quantitative estimate of drug-likeness (QED) is 0.852. The molecule has 0 bridgehead atoms.